The van der Waals surface area contributed by atoms with Gasteiger partial charge in [-0.15, -0.1) is 0 Å². The van der Waals surface area contributed by atoms with Gasteiger partial charge in [-0.1, -0.05) is 23.7 Å². The van der Waals surface area contributed by atoms with Crippen molar-refractivity contribution in [3.8, 4) is 0 Å². The second-order valence-electron chi connectivity index (χ2n) is 4.31. The van der Waals surface area contributed by atoms with Gasteiger partial charge in [-0.3, -0.25) is 9.48 Å². The largest absolute Gasteiger partial charge is 0.376 e. The van der Waals surface area contributed by atoms with Gasteiger partial charge in [-0.2, -0.15) is 5.10 Å². The Labute approximate surface area is 116 Å². The SMILES string of the molecule is CC(Nc1cnn(CC(N)=O)c1)c1cccc(Cl)c1. The second-order valence-corrected chi connectivity index (χ2v) is 4.75. The van der Waals surface area contributed by atoms with Crippen LogP contribution in [0.4, 0.5) is 5.69 Å². The standard InChI is InChI=1S/C13H15ClN4O/c1-9(10-3-2-4-11(14)5-10)17-12-6-16-18(7-12)8-13(15)19/h2-7,9,17H,8H2,1H3,(H2,15,19). The van der Waals surface area contributed by atoms with Crippen LogP contribution in [-0.4, -0.2) is 15.7 Å². The van der Waals surface area contributed by atoms with Gasteiger partial charge >= 0.3 is 0 Å². The van der Waals surface area contributed by atoms with Gasteiger partial charge in [-0.05, 0) is 24.6 Å². The molecule has 3 N–H and O–H groups in total. The van der Waals surface area contributed by atoms with Gasteiger partial charge in [0.15, 0.2) is 0 Å². The first-order valence-electron chi connectivity index (χ1n) is 5.87. The lowest BCUT2D eigenvalue weighted by Gasteiger charge is -2.14. The number of benzene rings is 1. The Balaban J connectivity index is 2.04. The third-order valence-electron chi connectivity index (χ3n) is 2.68. The van der Waals surface area contributed by atoms with E-state index in [9.17, 15) is 4.79 Å². The van der Waals surface area contributed by atoms with Crippen LogP contribution in [0, 0.1) is 0 Å². The summed E-state index contributed by atoms with van der Waals surface area (Å²) < 4.78 is 1.50. The number of hydrogen-bond donors (Lipinski definition) is 2. The maximum Gasteiger partial charge on any atom is 0.239 e. The number of nitrogens with one attached hydrogen (secondary N) is 1. The molecule has 100 valence electrons. The number of nitrogens with two attached hydrogens (primary N) is 1. The molecule has 1 aromatic heterocycles. The number of anilines is 1. The predicted octanol–water partition coefficient (Wildman–Crippen LogP) is 2.19. The minimum absolute atomic E-state index is 0.0766. The Morgan fingerprint density at radius 2 is 2.37 bits per heavy atom. The van der Waals surface area contributed by atoms with Crippen LogP contribution in [0.15, 0.2) is 36.7 Å². The molecule has 0 aliphatic carbocycles. The number of halogens is 1. The summed E-state index contributed by atoms with van der Waals surface area (Å²) in [5, 5.41) is 8.04. The normalized spacial score (nSPS) is 12.1. The number of amides is 1. The van der Waals surface area contributed by atoms with Gasteiger partial charge in [0.25, 0.3) is 0 Å². The highest BCUT2D eigenvalue weighted by atomic mass is 35.5. The molecule has 0 bridgehead atoms. The average molecular weight is 279 g/mol. The minimum Gasteiger partial charge on any atom is -0.376 e. The summed E-state index contributed by atoms with van der Waals surface area (Å²) in [6, 6.07) is 7.74. The quantitative estimate of drug-likeness (QED) is 0.880. The van der Waals surface area contributed by atoms with E-state index in [-0.39, 0.29) is 12.6 Å². The summed E-state index contributed by atoms with van der Waals surface area (Å²) >= 11 is 5.96. The molecule has 6 heteroatoms. The lowest BCUT2D eigenvalue weighted by Crippen LogP contribution is -2.18. The number of nitrogens with zero attached hydrogens (tertiary/aromatic N) is 2. The fourth-order valence-corrected chi connectivity index (χ4v) is 1.99. The fourth-order valence-electron chi connectivity index (χ4n) is 1.79. The predicted molar refractivity (Wildman–Crippen MR) is 74.9 cm³/mol. The van der Waals surface area contributed by atoms with Crippen LogP contribution < -0.4 is 11.1 Å². The Kier molecular flexibility index (Phi) is 4.06. The van der Waals surface area contributed by atoms with E-state index in [4.69, 9.17) is 17.3 Å². The van der Waals surface area contributed by atoms with Crippen LogP contribution in [0.25, 0.3) is 0 Å². The molecule has 1 unspecified atom stereocenters. The Bertz CT molecular complexity index is 582. The van der Waals surface area contributed by atoms with Crippen LogP contribution >= 0.6 is 11.6 Å². The molecule has 0 aliphatic rings. The van der Waals surface area contributed by atoms with Crippen molar-refractivity contribution in [2.45, 2.75) is 19.5 Å². The molecule has 19 heavy (non-hydrogen) atoms. The molecule has 0 radical (unpaired) electrons. The Hall–Kier alpha value is -2.01. The van der Waals surface area contributed by atoms with Crippen molar-refractivity contribution in [1.29, 1.82) is 0 Å². The van der Waals surface area contributed by atoms with E-state index in [1.807, 2.05) is 31.2 Å². The zero-order chi connectivity index (χ0) is 13.8. The first kappa shape index (κ1) is 13.4. The van der Waals surface area contributed by atoms with Crippen molar-refractivity contribution in [3.05, 3.63) is 47.2 Å². The Morgan fingerprint density at radius 3 is 3.05 bits per heavy atom. The van der Waals surface area contributed by atoms with Crippen molar-refractivity contribution >= 4 is 23.2 Å². The average Bonchev–Trinajstić information content (AvgIpc) is 2.75. The molecule has 2 aromatic rings. The summed E-state index contributed by atoms with van der Waals surface area (Å²) in [7, 11) is 0. The molecule has 1 aromatic carbocycles. The smallest absolute Gasteiger partial charge is 0.239 e. The monoisotopic (exact) mass is 278 g/mol. The molecular formula is C13H15ClN4O. The van der Waals surface area contributed by atoms with Crippen molar-refractivity contribution in [2.24, 2.45) is 5.73 Å². The zero-order valence-corrected chi connectivity index (χ0v) is 11.3. The Morgan fingerprint density at radius 1 is 1.58 bits per heavy atom. The van der Waals surface area contributed by atoms with Gasteiger partial charge in [-0.25, -0.2) is 0 Å². The van der Waals surface area contributed by atoms with Crippen molar-refractivity contribution in [1.82, 2.24) is 9.78 Å². The van der Waals surface area contributed by atoms with Gasteiger partial charge < -0.3 is 11.1 Å². The highest BCUT2D eigenvalue weighted by Crippen LogP contribution is 2.21. The van der Waals surface area contributed by atoms with Crippen LogP contribution in [-0.2, 0) is 11.3 Å². The number of primary amides is 1. The van der Waals surface area contributed by atoms with Gasteiger partial charge in [0.05, 0.1) is 11.9 Å². The van der Waals surface area contributed by atoms with Crippen LogP contribution in [0.5, 0.6) is 0 Å². The number of aromatic nitrogens is 2. The summed E-state index contributed by atoms with van der Waals surface area (Å²) in [4.78, 5) is 10.8. The number of rotatable bonds is 5. The third-order valence-corrected chi connectivity index (χ3v) is 2.92. The molecule has 0 saturated carbocycles. The minimum atomic E-state index is -0.419. The molecule has 5 nitrogen and oxygen atoms in total. The molecule has 1 atom stereocenters. The van der Waals surface area contributed by atoms with E-state index in [1.165, 1.54) is 4.68 Å². The number of carbonyl (C=O) groups is 1. The van der Waals surface area contributed by atoms with E-state index in [2.05, 4.69) is 10.4 Å². The molecule has 1 heterocycles. The van der Waals surface area contributed by atoms with E-state index < -0.39 is 5.91 Å². The second kappa shape index (κ2) is 5.75. The van der Waals surface area contributed by atoms with Crippen molar-refractivity contribution in [2.75, 3.05) is 5.32 Å². The zero-order valence-electron chi connectivity index (χ0n) is 10.5. The van der Waals surface area contributed by atoms with Crippen LogP contribution in [0.2, 0.25) is 5.02 Å². The molecule has 0 saturated heterocycles. The summed E-state index contributed by atoms with van der Waals surface area (Å²) in [5.74, 6) is -0.419. The van der Waals surface area contributed by atoms with E-state index >= 15 is 0 Å². The van der Waals surface area contributed by atoms with Gasteiger partial charge in [0.2, 0.25) is 5.91 Å². The maximum absolute atomic E-state index is 10.8. The molecular weight excluding hydrogens is 264 g/mol. The molecule has 0 fully saturated rings. The summed E-state index contributed by atoms with van der Waals surface area (Å²) in [6.45, 7) is 2.10. The van der Waals surface area contributed by atoms with Crippen molar-refractivity contribution < 1.29 is 4.79 Å². The van der Waals surface area contributed by atoms with Crippen LogP contribution in [0.1, 0.15) is 18.5 Å². The molecule has 0 aliphatic heterocycles. The van der Waals surface area contributed by atoms with Crippen LogP contribution in [0.3, 0.4) is 0 Å². The molecule has 1 amide bonds. The first-order chi connectivity index (χ1) is 9.04. The maximum atomic E-state index is 10.8. The fraction of sp³-hybridized carbons (Fsp3) is 0.231. The van der Waals surface area contributed by atoms with E-state index in [1.54, 1.807) is 12.4 Å². The number of carbonyl (C=O) groups excluding carboxylic acids is 1. The molecule has 2 rings (SSSR count). The van der Waals surface area contributed by atoms with E-state index in [0.29, 0.717) is 5.02 Å². The highest BCUT2D eigenvalue weighted by molar-refractivity contribution is 6.30. The highest BCUT2D eigenvalue weighted by Gasteiger charge is 2.07. The van der Waals surface area contributed by atoms with Gasteiger partial charge in [0.1, 0.15) is 6.54 Å². The topological polar surface area (TPSA) is 72.9 Å². The first-order valence-corrected chi connectivity index (χ1v) is 6.25. The third kappa shape index (κ3) is 3.72. The van der Waals surface area contributed by atoms with E-state index in [0.717, 1.165) is 11.3 Å². The van der Waals surface area contributed by atoms with Gasteiger partial charge in [0, 0.05) is 17.3 Å². The number of hydrogen-bond acceptors (Lipinski definition) is 3. The van der Waals surface area contributed by atoms with Crippen molar-refractivity contribution in [3.63, 3.8) is 0 Å². The lowest BCUT2D eigenvalue weighted by molar-refractivity contribution is -0.118. The molecule has 0 spiro atoms. The summed E-state index contributed by atoms with van der Waals surface area (Å²) in [6.07, 6.45) is 3.40. The lowest BCUT2D eigenvalue weighted by atomic mass is 10.1. The summed E-state index contributed by atoms with van der Waals surface area (Å²) in [5.41, 5.74) is 7.01.